The number of thiocarbonyl (C=S) groups is 1. The highest BCUT2D eigenvalue weighted by Gasteiger charge is 2.18. The number of rotatable bonds is 6. The van der Waals surface area contributed by atoms with Crippen molar-refractivity contribution in [1.82, 2.24) is 4.90 Å². The van der Waals surface area contributed by atoms with Gasteiger partial charge in [-0.15, -0.1) is 0 Å². The van der Waals surface area contributed by atoms with Crippen molar-refractivity contribution in [2.75, 3.05) is 20.3 Å². The number of likely N-dealkylation sites (N-methyl/N-ethyl adjacent to an activating group) is 1. The predicted octanol–water partition coefficient (Wildman–Crippen LogP) is 0.546. The van der Waals surface area contributed by atoms with Crippen LogP contribution >= 0.6 is 12.2 Å². The van der Waals surface area contributed by atoms with Crippen LogP contribution in [-0.4, -0.2) is 42.1 Å². The van der Waals surface area contributed by atoms with Gasteiger partial charge in [0.2, 0.25) is 5.91 Å². The summed E-state index contributed by atoms with van der Waals surface area (Å²) in [6.07, 6.45) is 0.136. The normalized spacial score (nSPS) is 12.2. The first kappa shape index (κ1) is 13.3. The maximum absolute atomic E-state index is 11.6. The molecule has 2 N–H and O–H groups in total. The van der Waals surface area contributed by atoms with E-state index in [1.54, 1.807) is 12.0 Å². The maximum atomic E-state index is 11.6. The molecule has 82 valence electrons. The minimum absolute atomic E-state index is 0.0375. The van der Waals surface area contributed by atoms with E-state index in [0.29, 0.717) is 13.2 Å². The highest BCUT2D eigenvalue weighted by atomic mass is 32.1. The van der Waals surface area contributed by atoms with E-state index >= 15 is 0 Å². The average molecular weight is 218 g/mol. The summed E-state index contributed by atoms with van der Waals surface area (Å²) in [6, 6.07) is 0.0619. The quantitative estimate of drug-likeness (QED) is 0.661. The molecule has 0 aromatic rings. The van der Waals surface area contributed by atoms with Crippen molar-refractivity contribution in [2.45, 2.75) is 26.3 Å². The predicted molar refractivity (Wildman–Crippen MR) is 60.1 cm³/mol. The molecule has 0 bridgehead atoms. The molecule has 0 spiro atoms. The molecule has 5 heteroatoms. The topological polar surface area (TPSA) is 55.6 Å². The lowest BCUT2D eigenvalue weighted by Gasteiger charge is -2.27. The maximum Gasteiger partial charge on any atom is 0.229 e. The Morgan fingerprint density at radius 3 is 2.57 bits per heavy atom. The number of hydrogen-bond acceptors (Lipinski definition) is 3. The summed E-state index contributed by atoms with van der Waals surface area (Å²) in [4.78, 5) is 13.5. The summed E-state index contributed by atoms with van der Waals surface area (Å²) < 4.78 is 4.98. The zero-order valence-electron chi connectivity index (χ0n) is 8.95. The van der Waals surface area contributed by atoms with Crippen LogP contribution in [0.15, 0.2) is 0 Å². The number of carbonyl (C=O) groups excluding carboxylic acids is 1. The molecular weight excluding hydrogens is 200 g/mol. The van der Waals surface area contributed by atoms with Gasteiger partial charge in [-0.05, 0) is 13.8 Å². The average Bonchev–Trinajstić information content (AvgIpc) is 2.04. The zero-order valence-corrected chi connectivity index (χ0v) is 9.76. The minimum Gasteiger partial charge on any atom is -0.393 e. The number of methoxy groups -OCH3 is 1. The molecule has 1 amide bonds. The summed E-state index contributed by atoms with van der Waals surface area (Å²) >= 11 is 4.69. The molecular formula is C9H18N2O2S. The Balaban J connectivity index is 4.24. The van der Waals surface area contributed by atoms with Crippen LogP contribution in [0, 0.1) is 0 Å². The van der Waals surface area contributed by atoms with Crippen LogP contribution in [0.1, 0.15) is 20.3 Å². The van der Waals surface area contributed by atoms with Gasteiger partial charge in [-0.2, -0.15) is 0 Å². The molecule has 0 aromatic carbocycles. The van der Waals surface area contributed by atoms with Crippen molar-refractivity contribution in [3.05, 3.63) is 0 Å². The molecule has 4 nitrogen and oxygen atoms in total. The van der Waals surface area contributed by atoms with E-state index in [-0.39, 0.29) is 23.4 Å². The lowest BCUT2D eigenvalue weighted by Crippen LogP contribution is -2.42. The fourth-order valence-corrected chi connectivity index (χ4v) is 1.44. The molecule has 1 atom stereocenters. The molecule has 0 aliphatic carbocycles. The molecule has 0 rings (SSSR count). The summed E-state index contributed by atoms with van der Waals surface area (Å²) in [5.41, 5.74) is 5.31. The van der Waals surface area contributed by atoms with Gasteiger partial charge < -0.3 is 15.4 Å². The fraction of sp³-hybridized carbons (Fsp3) is 0.778. The van der Waals surface area contributed by atoms with E-state index in [2.05, 4.69) is 12.2 Å². The summed E-state index contributed by atoms with van der Waals surface area (Å²) in [5.74, 6) is -0.0375. The molecule has 0 radical (unpaired) electrons. The molecule has 0 aromatic heterocycles. The smallest absolute Gasteiger partial charge is 0.229 e. The third-order valence-corrected chi connectivity index (χ3v) is 2.07. The van der Waals surface area contributed by atoms with Gasteiger partial charge in [0.05, 0.1) is 24.1 Å². The molecule has 0 aliphatic heterocycles. The van der Waals surface area contributed by atoms with Gasteiger partial charge >= 0.3 is 0 Å². The Bertz CT molecular complexity index is 209. The molecule has 0 fully saturated rings. The van der Waals surface area contributed by atoms with Crippen molar-refractivity contribution in [3.8, 4) is 0 Å². The summed E-state index contributed by atoms with van der Waals surface area (Å²) in [7, 11) is 1.61. The first-order valence-electron chi connectivity index (χ1n) is 4.59. The number of carbonyl (C=O) groups is 1. The Kier molecular flexibility index (Phi) is 6.40. The molecule has 0 aliphatic rings. The van der Waals surface area contributed by atoms with Crippen LogP contribution in [-0.2, 0) is 9.53 Å². The van der Waals surface area contributed by atoms with Crippen molar-refractivity contribution in [2.24, 2.45) is 5.73 Å². The largest absolute Gasteiger partial charge is 0.393 e. The van der Waals surface area contributed by atoms with Gasteiger partial charge in [0.1, 0.15) is 0 Å². The zero-order chi connectivity index (χ0) is 11.1. The molecule has 0 saturated carbocycles. The standard InChI is InChI=1S/C9H18N2O2S/c1-4-11(7(2)6-13-3)9(12)5-8(10)14/h7H,4-6H2,1-3H3,(H2,10,14). The number of ether oxygens (including phenoxy) is 1. The first-order valence-corrected chi connectivity index (χ1v) is 5.00. The van der Waals surface area contributed by atoms with E-state index in [1.807, 2.05) is 13.8 Å². The van der Waals surface area contributed by atoms with Gasteiger partial charge in [0.15, 0.2) is 0 Å². The second-order valence-corrected chi connectivity index (χ2v) is 3.65. The highest BCUT2D eigenvalue weighted by Crippen LogP contribution is 2.02. The van der Waals surface area contributed by atoms with Crippen LogP contribution in [0.3, 0.4) is 0 Å². The fourth-order valence-electron chi connectivity index (χ4n) is 1.32. The third kappa shape index (κ3) is 4.53. The lowest BCUT2D eigenvalue weighted by atomic mass is 10.2. The van der Waals surface area contributed by atoms with Crippen molar-refractivity contribution < 1.29 is 9.53 Å². The number of nitrogens with zero attached hydrogens (tertiary/aromatic N) is 1. The van der Waals surface area contributed by atoms with Crippen molar-refractivity contribution >= 4 is 23.1 Å². The van der Waals surface area contributed by atoms with Gasteiger partial charge in [-0.25, -0.2) is 0 Å². The minimum atomic E-state index is -0.0375. The Labute approximate surface area is 90.4 Å². The lowest BCUT2D eigenvalue weighted by molar-refractivity contribution is -0.132. The van der Waals surface area contributed by atoms with E-state index in [9.17, 15) is 4.79 Å². The Morgan fingerprint density at radius 1 is 1.64 bits per heavy atom. The summed E-state index contributed by atoms with van der Waals surface area (Å²) in [5, 5.41) is 0. The van der Waals surface area contributed by atoms with Crippen LogP contribution in [0.5, 0.6) is 0 Å². The van der Waals surface area contributed by atoms with Crippen molar-refractivity contribution in [3.63, 3.8) is 0 Å². The van der Waals surface area contributed by atoms with Gasteiger partial charge in [-0.1, -0.05) is 12.2 Å². The van der Waals surface area contributed by atoms with Crippen LogP contribution in [0.4, 0.5) is 0 Å². The van der Waals surface area contributed by atoms with Crippen LogP contribution in [0.2, 0.25) is 0 Å². The van der Waals surface area contributed by atoms with Crippen LogP contribution in [0.25, 0.3) is 0 Å². The number of nitrogens with two attached hydrogens (primary N) is 1. The summed E-state index contributed by atoms with van der Waals surface area (Å²) in [6.45, 7) is 5.02. The Morgan fingerprint density at radius 2 is 2.21 bits per heavy atom. The first-order chi connectivity index (χ1) is 6.52. The third-order valence-electron chi connectivity index (χ3n) is 1.93. The van der Waals surface area contributed by atoms with E-state index in [0.717, 1.165) is 0 Å². The SMILES string of the molecule is CCN(C(=O)CC(N)=S)C(C)COC. The number of hydrogen-bond donors (Lipinski definition) is 1. The molecule has 14 heavy (non-hydrogen) atoms. The number of amides is 1. The van der Waals surface area contributed by atoms with Gasteiger partial charge in [0.25, 0.3) is 0 Å². The highest BCUT2D eigenvalue weighted by molar-refractivity contribution is 7.80. The molecule has 0 saturated heterocycles. The molecule has 1 unspecified atom stereocenters. The molecule has 0 heterocycles. The van der Waals surface area contributed by atoms with Crippen molar-refractivity contribution in [1.29, 1.82) is 0 Å². The van der Waals surface area contributed by atoms with E-state index in [1.165, 1.54) is 0 Å². The van der Waals surface area contributed by atoms with E-state index < -0.39 is 0 Å². The second kappa shape index (κ2) is 6.73. The van der Waals surface area contributed by atoms with Crippen LogP contribution < -0.4 is 5.73 Å². The Hall–Kier alpha value is -0.680. The van der Waals surface area contributed by atoms with Gasteiger partial charge in [-0.3, -0.25) is 4.79 Å². The van der Waals surface area contributed by atoms with Gasteiger partial charge in [0, 0.05) is 13.7 Å². The monoisotopic (exact) mass is 218 g/mol. The second-order valence-electron chi connectivity index (χ2n) is 3.13. The van der Waals surface area contributed by atoms with E-state index in [4.69, 9.17) is 10.5 Å².